The Morgan fingerprint density at radius 3 is 2.88 bits per heavy atom. The number of carbonyl (C=O) groups excluding carboxylic acids is 1. The van der Waals surface area contributed by atoms with Crippen molar-refractivity contribution in [3.05, 3.63) is 52.8 Å². The number of aromatic nitrogens is 2. The maximum absolute atomic E-state index is 12.5. The molecule has 2 aromatic rings. The Morgan fingerprint density at radius 1 is 1.36 bits per heavy atom. The number of amides is 1. The minimum absolute atomic E-state index is 0. The molecule has 1 aromatic carbocycles. The molecular formula is C18H26ClN5O. The quantitative estimate of drug-likeness (QED) is 0.730. The predicted molar refractivity (Wildman–Crippen MR) is 101 cm³/mol. The van der Waals surface area contributed by atoms with Gasteiger partial charge in [-0.25, -0.2) is 0 Å². The summed E-state index contributed by atoms with van der Waals surface area (Å²) in [5, 5.41) is 13.5. The van der Waals surface area contributed by atoms with Crippen LogP contribution in [0.2, 0.25) is 0 Å². The Bertz CT molecular complexity index is 688. The standard InChI is InChI=1S/C18H25N5O.ClH/c1-13(11-23(2)12-14-6-4-3-5-7-14)20-18(24)17-15-10-19-9-8-16(15)21-22-17;/h3-7,13,19H,8-12H2,1-2H3,(H,20,24)(H,21,22);1H. The Balaban J connectivity index is 0.00000225. The van der Waals surface area contributed by atoms with Gasteiger partial charge in [-0.1, -0.05) is 30.3 Å². The summed E-state index contributed by atoms with van der Waals surface area (Å²) in [6.07, 6.45) is 0.894. The molecule has 7 heteroatoms. The number of nitrogens with one attached hydrogen (secondary N) is 3. The number of rotatable bonds is 6. The molecule has 3 rings (SSSR count). The van der Waals surface area contributed by atoms with Crippen LogP contribution in [0, 0.1) is 0 Å². The molecular weight excluding hydrogens is 338 g/mol. The van der Waals surface area contributed by atoms with Crippen molar-refractivity contribution in [3.63, 3.8) is 0 Å². The Labute approximate surface area is 154 Å². The fourth-order valence-electron chi connectivity index (χ4n) is 3.18. The van der Waals surface area contributed by atoms with E-state index in [0.29, 0.717) is 12.2 Å². The van der Waals surface area contributed by atoms with Gasteiger partial charge in [-0.2, -0.15) is 5.10 Å². The third-order valence-electron chi connectivity index (χ3n) is 4.28. The summed E-state index contributed by atoms with van der Waals surface area (Å²) in [6, 6.07) is 10.4. The van der Waals surface area contributed by atoms with Crippen LogP contribution in [0.25, 0.3) is 0 Å². The lowest BCUT2D eigenvalue weighted by Gasteiger charge is -2.22. The molecule has 1 atom stereocenters. The maximum Gasteiger partial charge on any atom is 0.272 e. The number of halogens is 1. The van der Waals surface area contributed by atoms with Crippen molar-refractivity contribution in [1.29, 1.82) is 0 Å². The second-order valence-corrected chi connectivity index (χ2v) is 6.51. The third-order valence-corrected chi connectivity index (χ3v) is 4.28. The van der Waals surface area contributed by atoms with E-state index in [1.165, 1.54) is 5.56 Å². The van der Waals surface area contributed by atoms with Crippen LogP contribution >= 0.6 is 12.4 Å². The van der Waals surface area contributed by atoms with Crippen molar-refractivity contribution in [2.75, 3.05) is 20.1 Å². The zero-order chi connectivity index (χ0) is 16.9. The molecule has 1 aliphatic heterocycles. The summed E-state index contributed by atoms with van der Waals surface area (Å²) in [4.78, 5) is 14.7. The van der Waals surface area contributed by atoms with E-state index in [1.807, 2.05) is 25.1 Å². The first-order valence-corrected chi connectivity index (χ1v) is 8.43. The highest BCUT2D eigenvalue weighted by Crippen LogP contribution is 2.15. The number of carbonyl (C=O) groups is 1. The molecule has 3 N–H and O–H groups in total. The second kappa shape index (κ2) is 8.99. The van der Waals surface area contributed by atoms with Crippen molar-refractivity contribution in [3.8, 4) is 0 Å². The van der Waals surface area contributed by atoms with E-state index >= 15 is 0 Å². The summed E-state index contributed by atoms with van der Waals surface area (Å²) >= 11 is 0. The highest BCUT2D eigenvalue weighted by molar-refractivity contribution is 5.94. The first-order chi connectivity index (χ1) is 11.6. The molecule has 0 saturated heterocycles. The number of nitrogens with zero attached hydrogens (tertiary/aromatic N) is 2. The zero-order valence-corrected chi connectivity index (χ0v) is 15.5. The van der Waals surface area contributed by atoms with Crippen LogP contribution in [0.15, 0.2) is 30.3 Å². The van der Waals surface area contributed by atoms with Gasteiger partial charge < -0.3 is 15.5 Å². The SMILES string of the molecule is CC(CN(C)Cc1ccccc1)NC(=O)c1n[nH]c2c1CNCC2.Cl. The van der Waals surface area contributed by atoms with Gasteiger partial charge in [-0.3, -0.25) is 9.89 Å². The molecule has 0 spiro atoms. The number of fused-ring (bicyclic) bond motifs is 1. The van der Waals surface area contributed by atoms with Crippen molar-refractivity contribution >= 4 is 18.3 Å². The number of aromatic amines is 1. The van der Waals surface area contributed by atoms with Gasteiger partial charge in [0.1, 0.15) is 0 Å². The van der Waals surface area contributed by atoms with Gasteiger partial charge >= 0.3 is 0 Å². The predicted octanol–water partition coefficient (Wildman–Crippen LogP) is 1.73. The molecule has 6 nitrogen and oxygen atoms in total. The Hall–Kier alpha value is -1.89. The smallest absolute Gasteiger partial charge is 0.272 e. The highest BCUT2D eigenvalue weighted by atomic mass is 35.5. The number of hydrogen-bond donors (Lipinski definition) is 3. The van der Waals surface area contributed by atoms with Crippen molar-refractivity contribution in [1.82, 2.24) is 25.7 Å². The van der Waals surface area contributed by atoms with Crippen LogP contribution in [0.3, 0.4) is 0 Å². The van der Waals surface area contributed by atoms with Crippen molar-refractivity contribution < 1.29 is 4.79 Å². The largest absolute Gasteiger partial charge is 0.347 e. The van der Waals surface area contributed by atoms with E-state index in [1.54, 1.807) is 0 Å². The Kier molecular flexibility index (Phi) is 6.99. The summed E-state index contributed by atoms with van der Waals surface area (Å²) in [5.74, 6) is -0.100. The van der Waals surface area contributed by atoms with Crippen LogP contribution < -0.4 is 10.6 Å². The Morgan fingerprint density at radius 2 is 2.12 bits per heavy atom. The lowest BCUT2D eigenvalue weighted by Crippen LogP contribution is -2.41. The molecule has 25 heavy (non-hydrogen) atoms. The number of hydrogen-bond acceptors (Lipinski definition) is 4. The highest BCUT2D eigenvalue weighted by Gasteiger charge is 2.22. The first-order valence-electron chi connectivity index (χ1n) is 8.43. The van der Waals surface area contributed by atoms with Crippen molar-refractivity contribution in [2.24, 2.45) is 0 Å². The summed E-state index contributed by atoms with van der Waals surface area (Å²) in [7, 11) is 2.07. The topological polar surface area (TPSA) is 73.0 Å². The molecule has 1 aromatic heterocycles. The van der Waals surface area contributed by atoms with E-state index in [0.717, 1.165) is 37.3 Å². The van der Waals surface area contributed by atoms with Gasteiger partial charge in [0.15, 0.2) is 5.69 Å². The number of likely N-dealkylation sites (N-methyl/N-ethyl adjacent to an activating group) is 1. The fourth-order valence-corrected chi connectivity index (χ4v) is 3.18. The van der Waals surface area contributed by atoms with Gasteiger partial charge in [-0.15, -0.1) is 12.4 Å². The van der Waals surface area contributed by atoms with Gasteiger partial charge in [0.05, 0.1) is 0 Å². The van der Waals surface area contributed by atoms with Crippen LogP contribution in [-0.2, 0) is 19.5 Å². The van der Waals surface area contributed by atoms with E-state index in [9.17, 15) is 4.79 Å². The van der Waals surface area contributed by atoms with E-state index in [4.69, 9.17) is 0 Å². The van der Waals surface area contributed by atoms with Crippen LogP contribution in [-0.4, -0.2) is 47.2 Å². The van der Waals surface area contributed by atoms with E-state index < -0.39 is 0 Å². The van der Waals surface area contributed by atoms with E-state index in [2.05, 4.69) is 44.9 Å². The van der Waals surface area contributed by atoms with Gasteiger partial charge in [0, 0.05) is 49.9 Å². The normalized spacial score (nSPS) is 14.5. The minimum Gasteiger partial charge on any atom is -0.347 e. The molecule has 0 aliphatic carbocycles. The van der Waals surface area contributed by atoms with Crippen LogP contribution in [0.5, 0.6) is 0 Å². The molecule has 136 valence electrons. The van der Waals surface area contributed by atoms with Crippen LogP contribution in [0.1, 0.15) is 34.2 Å². The van der Waals surface area contributed by atoms with Gasteiger partial charge in [0.25, 0.3) is 5.91 Å². The molecule has 1 unspecified atom stereocenters. The maximum atomic E-state index is 12.5. The lowest BCUT2D eigenvalue weighted by atomic mass is 10.1. The first kappa shape index (κ1) is 19.4. The zero-order valence-electron chi connectivity index (χ0n) is 14.7. The minimum atomic E-state index is -0.100. The third kappa shape index (κ3) is 5.04. The average molecular weight is 364 g/mol. The summed E-state index contributed by atoms with van der Waals surface area (Å²) in [6.45, 7) is 5.30. The van der Waals surface area contributed by atoms with Crippen molar-refractivity contribution in [2.45, 2.75) is 32.5 Å². The molecule has 2 heterocycles. The summed E-state index contributed by atoms with van der Waals surface area (Å²) in [5.41, 5.74) is 3.87. The molecule has 0 fully saturated rings. The van der Waals surface area contributed by atoms with Crippen LogP contribution in [0.4, 0.5) is 0 Å². The molecule has 1 amide bonds. The second-order valence-electron chi connectivity index (χ2n) is 6.51. The fraction of sp³-hybridized carbons (Fsp3) is 0.444. The molecule has 1 aliphatic rings. The van der Waals surface area contributed by atoms with Gasteiger partial charge in [-0.05, 0) is 19.5 Å². The summed E-state index contributed by atoms with van der Waals surface area (Å²) < 4.78 is 0. The van der Waals surface area contributed by atoms with E-state index in [-0.39, 0.29) is 24.4 Å². The van der Waals surface area contributed by atoms with Gasteiger partial charge in [0.2, 0.25) is 0 Å². The number of benzene rings is 1. The monoisotopic (exact) mass is 363 g/mol. The molecule has 0 bridgehead atoms. The lowest BCUT2D eigenvalue weighted by molar-refractivity contribution is 0.0925. The molecule has 0 saturated carbocycles. The molecule has 0 radical (unpaired) electrons. The number of H-pyrrole nitrogens is 1. The average Bonchev–Trinajstić information content (AvgIpc) is 2.99.